The molecule has 1 fully saturated rings. The Labute approximate surface area is 145 Å². The van der Waals surface area contributed by atoms with Crippen LogP contribution in [0.1, 0.15) is 23.6 Å². The molecule has 0 atom stereocenters. The first-order valence-electron chi connectivity index (χ1n) is 8.93. The highest BCUT2D eigenvalue weighted by Gasteiger charge is 2.19. The third-order valence-corrected chi connectivity index (χ3v) is 4.96. The molecule has 0 aliphatic carbocycles. The number of para-hydroxylation sites is 1. The normalized spacial score (nSPS) is 15.5. The molecule has 1 aliphatic heterocycles. The van der Waals surface area contributed by atoms with E-state index in [0.29, 0.717) is 0 Å². The number of nitrogens with zero attached hydrogens (tertiary/aromatic N) is 2. The Morgan fingerprint density at radius 1 is 0.917 bits per heavy atom. The van der Waals surface area contributed by atoms with Crippen molar-refractivity contribution in [3.63, 3.8) is 0 Å². The smallest absolute Gasteiger partial charge is 0.123 e. The minimum atomic E-state index is 0.720. The first-order valence-corrected chi connectivity index (χ1v) is 8.93. The molecule has 2 aromatic rings. The maximum absolute atomic E-state index is 5.76. The molecule has 1 heterocycles. The van der Waals surface area contributed by atoms with Crippen molar-refractivity contribution in [1.29, 1.82) is 0 Å². The van der Waals surface area contributed by atoms with Crippen LogP contribution in [0.4, 0.5) is 5.69 Å². The van der Waals surface area contributed by atoms with Gasteiger partial charge in [0.15, 0.2) is 0 Å². The summed E-state index contributed by atoms with van der Waals surface area (Å²) in [6.07, 6.45) is 0. The summed E-state index contributed by atoms with van der Waals surface area (Å²) in [5.41, 5.74) is 5.47. The van der Waals surface area contributed by atoms with Gasteiger partial charge in [-0.3, -0.25) is 4.90 Å². The molecule has 0 aromatic heterocycles. The van der Waals surface area contributed by atoms with E-state index in [2.05, 4.69) is 60.0 Å². The molecular weight excluding hydrogens is 296 g/mol. The van der Waals surface area contributed by atoms with E-state index < -0.39 is 0 Å². The number of aryl methyl sites for hydroxylation is 1. The quantitative estimate of drug-likeness (QED) is 0.826. The van der Waals surface area contributed by atoms with Crippen molar-refractivity contribution in [2.24, 2.45) is 0 Å². The summed E-state index contributed by atoms with van der Waals surface area (Å²) in [4.78, 5) is 5.05. The van der Waals surface area contributed by atoms with Crippen molar-refractivity contribution < 1.29 is 4.74 Å². The van der Waals surface area contributed by atoms with Crippen LogP contribution < -0.4 is 9.64 Å². The third kappa shape index (κ3) is 3.73. The molecule has 1 aliphatic rings. The highest BCUT2D eigenvalue weighted by atomic mass is 16.5. The van der Waals surface area contributed by atoms with Gasteiger partial charge in [0.1, 0.15) is 5.75 Å². The maximum atomic E-state index is 5.76. The van der Waals surface area contributed by atoms with Crippen molar-refractivity contribution in [1.82, 2.24) is 4.90 Å². The Hall–Kier alpha value is -2.00. The summed E-state index contributed by atoms with van der Waals surface area (Å²) in [6.45, 7) is 12.5. The fourth-order valence-corrected chi connectivity index (χ4v) is 3.40. The van der Waals surface area contributed by atoms with Crippen molar-refractivity contribution in [3.05, 3.63) is 59.2 Å². The molecule has 0 amide bonds. The van der Waals surface area contributed by atoms with Gasteiger partial charge in [0.2, 0.25) is 0 Å². The standard InChI is InChI=1S/C21H28N2O/c1-4-24-21-11-6-5-9-19(21)16-22-12-14-23(15-13-22)20-10-7-8-17(2)18(20)3/h5-11H,4,12-16H2,1-3H3. The monoisotopic (exact) mass is 324 g/mol. The summed E-state index contributed by atoms with van der Waals surface area (Å²) >= 11 is 0. The lowest BCUT2D eigenvalue weighted by Crippen LogP contribution is -2.46. The lowest BCUT2D eigenvalue weighted by atomic mass is 10.1. The van der Waals surface area contributed by atoms with Crippen LogP contribution in [-0.4, -0.2) is 37.7 Å². The van der Waals surface area contributed by atoms with E-state index in [4.69, 9.17) is 4.74 Å². The topological polar surface area (TPSA) is 15.7 Å². The van der Waals surface area contributed by atoms with Gasteiger partial charge in [-0.05, 0) is 44.0 Å². The highest BCUT2D eigenvalue weighted by Crippen LogP contribution is 2.25. The van der Waals surface area contributed by atoms with Crippen molar-refractivity contribution in [2.75, 3.05) is 37.7 Å². The van der Waals surface area contributed by atoms with E-state index in [-0.39, 0.29) is 0 Å². The van der Waals surface area contributed by atoms with Gasteiger partial charge in [0, 0.05) is 44.0 Å². The van der Waals surface area contributed by atoms with Crippen LogP contribution in [0.5, 0.6) is 5.75 Å². The molecule has 3 rings (SSSR count). The van der Waals surface area contributed by atoms with Gasteiger partial charge < -0.3 is 9.64 Å². The summed E-state index contributed by atoms with van der Waals surface area (Å²) in [5.74, 6) is 1.02. The van der Waals surface area contributed by atoms with Crippen LogP contribution in [0.15, 0.2) is 42.5 Å². The Kier molecular flexibility index (Phi) is 5.41. The van der Waals surface area contributed by atoms with E-state index >= 15 is 0 Å². The second kappa shape index (κ2) is 7.71. The van der Waals surface area contributed by atoms with Crippen LogP contribution in [0.3, 0.4) is 0 Å². The predicted molar refractivity (Wildman–Crippen MR) is 101 cm³/mol. The molecule has 0 unspecified atom stereocenters. The van der Waals surface area contributed by atoms with E-state index in [0.717, 1.165) is 45.1 Å². The van der Waals surface area contributed by atoms with Crippen molar-refractivity contribution in [2.45, 2.75) is 27.3 Å². The fourth-order valence-electron chi connectivity index (χ4n) is 3.40. The van der Waals surface area contributed by atoms with E-state index in [1.54, 1.807) is 0 Å². The van der Waals surface area contributed by atoms with Crippen LogP contribution >= 0.6 is 0 Å². The Morgan fingerprint density at radius 2 is 1.67 bits per heavy atom. The van der Waals surface area contributed by atoms with Gasteiger partial charge in [-0.1, -0.05) is 30.3 Å². The fraction of sp³-hybridized carbons (Fsp3) is 0.429. The summed E-state index contributed by atoms with van der Waals surface area (Å²) in [5, 5.41) is 0. The van der Waals surface area contributed by atoms with Crippen LogP contribution in [0.25, 0.3) is 0 Å². The first kappa shape index (κ1) is 16.8. The molecule has 0 N–H and O–H groups in total. The summed E-state index contributed by atoms with van der Waals surface area (Å²) < 4.78 is 5.76. The maximum Gasteiger partial charge on any atom is 0.123 e. The molecule has 3 nitrogen and oxygen atoms in total. The third-order valence-electron chi connectivity index (χ3n) is 4.96. The molecule has 0 saturated carbocycles. The minimum Gasteiger partial charge on any atom is -0.494 e. The predicted octanol–water partition coefficient (Wildman–Crippen LogP) is 4.02. The van der Waals surface area contributed by atoms with Gasteiger partial charge in [0.25, 0.3) is 0 Å². The van der Waals surface area contributed by atoms with Crippen LogP contribution in [0.2, 0.25) is 0 Å². The summed E-state index contributed by atoms with van der Waals surface area (Å²) in [7, 11) is 0. The zero-order chi connectivity index (χ0) is 16.9. The average Bonchev–Trinajstić information content (AvgIpc) is 2.60. The van der Waals surface area contributed by atoms with E-state index in [1.807, 2.05) is 13.0 Å². The largest absolute Gasteiger partial charge is 0.494 e. The van der Waals surface area contributed by atoms with E-state index in [9.17, 15) is 0 Å². The molecule has 24 heavy (non-hydrogen) atoms. The minimum absolute atomic E-state index is 0.720. The molecular formula is C21H28N2O. The Bertz CT molecular complexity index is 675. The SMILES string of the molecule is CCOc1ccccc1CN1CCN(c2cccc(C)c2C)CC1. The highest BCUT2D eigenvalue weighted by molar-refractivity contribution is 5.56. The van der Waals surface area contributed by atoms with Crippen molar-refractivity contribution in [3.8, 4) is 5.75 Å². The van der Waals surface area contributed by atoms with Crippen LogP contribution in [0, 0.1) is 13.8 Å². The number of piperazine rings is 1. The molecule has 128 valence electrons. The van der Waals surface area contributed by atoms with Gasteiger partial charge in [-0.2, -0.15) is 0 Å². The molecule has 1 saturated heterocycles. The Balaban J connectivity index is 1.62. The van der Waals surface area contributed by atoms with Gasteiger partial charge in [-0.25, -0.2) is 0 Å². The zero-order valence-corrected chi connectivity index (χ0v) is 15.1. The van der Waals surface area contributed by atoms with E-state index in [1.165, 1.54) is 22.4 Å². The van der Waals surface area contributed by atoms with Gasteiger partial charge in [-0.15, -0.1) is 0 Å². The molecule has 3 heteroatoms. The number of hydrogen-bond donors (Lipinski definition) is 0. The lowest BCUT2D eigenvalue weighted by molar-refractivity contribution is 0.243. The molecule has 0 radical (unpaired) electrons. The lowest BCUT2D eigenvalue weighted by Gasteiger charge is -2.37. The average molecular weight is 324 g/mol. The first-order chi connectivity index (χ1) is 11.7. The summed E-state index contributed by atoms with van der Waals surface area (Å²) in [6, 6.07) is 15.0. The number of rotatable bonds is 5. The number of benzene rings is 2. The van der Waals surface area contributed by atoms with Crippen molar-refractivity contribution >= 4 is 5.69 Å². The van der Waals surface area contributed by atoms with Gasteiger partial charge in [0.05, 0.1) is 6.61 Å². The second-order valence-corrected chi connectivity index (χ2v) is 6.52. The Morgan fingerprint density at radius 3 is 2.42 bits per heavy atom. The second-order valence-electron chi connectivity index (χ2n) is 6.52. The number of ether oxygens (including phenoxy) is 1. The van der Waals surface area contributed by atoms with Crippen LogP contribution in [-0.2, 0) is 6.54 Å². The van der Waals surface area contributed by atoms with Gasteiger partial charge >= 0.3 is 0 Å². The molecule has 0 bridgehead atoms. The number of hydrogen-bond acceptors (Lipinski definition) is 3. The molecule has 0 spiro atoms. The zero-order valence-electron chi connectivity index (χ0n) is 15.1. The molecule has 2 aromatic carbocycles. The number of anilines is 1.